The number of pyridine rings is 3. The highest BCUT2D eigenvalue weighted by Crippen LogP contribution is 2.52. The molecule has 1 atom stereocenters. The van der Waals surface area contributed by atoms with E-state index in [1.54, 1.807) is 24.5 Å². The fourth-order valence-electron chi connectivity index (χ4n) is 7.90. The molecule has 1 N–H and O–H groups in total. The molecule has 8 rings (SSSR count). The molecule has 4 aromatic heterocycles. The zero-order valence-corrected chi connectivity index (χ0v) is 28.6. The molecule has 2 aliphatic carbocycles. The van der Waals surface area contributed by atoms with E-state index in [4.69, 9.17) is 4.98 Å². The van der Waals surface area contributed by atoms with Crippen LogP contribution in [0.5, 0.6) is 0 Å². The van der Waals surface area contributed by atoms with Crippen LogP contribution in [0.15, 0.2) is 54.9 Å². The number of carbonyl (C=O) groups excluding carboxylic acids is 1. The number of ketones is 1. The van der Waals surface area contributed by atoms with E-state index in [9.17, 15) is 31.1 Å². The molecule has 0 amide bonds. The average Bonchev–Trinajstić information content (AvgIpc) is 3.88. The zero-order valence-electron chi connectivity index (χ0n) is 28.6. The van der Waals surface area contributed by atoms with Crippen LogP contribution in [0.25, 0.3) is 22.4 Å². The Balaban J connectivity index is 1.24. The van der Waals surface area contributed by atoms with Gasteiger partial charge in [-0.3, -0.25) is 19.4 Å². The number of anilines is 1. The number of benzene rings is 1. The third kappa shape index (κ3) is 6.72. The Bertz CT molecular complexity index is 2270. The van der Waals surface area contributed by atoms with E-state index < -0.39 is 84.4 Å². The fourth-order valence-corrected chi connectivity index (χ4v) is 7.90. The topological polar surface area (TPSA) is 85.6 Å². The van der Waals surface area contributed by atoms with Crippen LogP contribution in [0, 0.1) is 11.6 Å². The van der Waals surface area contributed by atoms with Gasteiger partial charge in [0.15, 0.2) is 5.78 Å². The molecule has 7 nitrogen and oxygen atoms in total. The van der Waals surface area contributed by atoms with Gasteiger partial charge in [0, 0.05) is 72.6 Å². The number of alkyl halides is 6. The van der Waals surface area contributed by atoms with Crippen molar-refractivity contribution in [2.45, 2.75) is 82.1 Å². The van der Waals surface area contributed by atoms with E-state index in [0.717, 1.165) is 60.5 Å². The molecule has 0 saturated carbocycles. The van der Waals surface area contributed by atoms with E-state index in [1.807, 2.05) is 12.1 Å². The summed E-state index contributed by atoms with van der Waals surface area (Å²) in [7, 11) is 0. The predicted molar refractivity (Wildman–Crippen MR) is 182 cm³/mol. The lowest BCUT2D eigenvalue weighted by Crippen LogP contribution is -2.33. The van der Waals surface area contributed by atoms with E-state index >= 15 is 8.78 Å². The number of nitrogens with one attached hydrogen (secondary N) is 1. The van der Waals surface area contributed by atoms with Crippen molar-refractivity contribution >= 4 is 11.6 Å². The number of hydrogen-bond donors (Lipinski definition) is 1. The molecule has 5 heterocycles. The minimum atomic E-state index is -4.01. The maximum absolute atomic E-state index is 15.2. The Morgan fingerprint density at radius 1 is 0.852 bits per heavy atom. The van der Waals surface area contributed by atoms with Crippen LogP contribution >= 0.6 is 0 Å². The summed E-state index contributed by atoms with van der Waals surface area (Å²) in [4.78, 5) is 28.1. The number of halogens is 8. The van der Waals surface area contributed by atoms with Crippen molar-refractivity contribution in [3.05, 3.63) is 112 Å². The number of carbonyl (C=O) groups is 1. The Labute approximate surface area is 303 Å². The Morgan fingerprint density at radius 2 is 1.59 bits per heavy atom. The highest BCUT2D eigenvalue weighted by atomic mass is 19.3. The van der Waals surface area contributed by atoms with Crippen LogP contribution in [-0.2, 0) is 48.9 Å². The Hall–Kier alpha value is -5.21. The Kier molecular flexibility index (Phi) is 9.00. The second-order valence-electron chi connectivity index (χ2n) is 14.1. The summed E-state index contributed by atoms with van der Waals surface area (Å²) in [6, 6.07) is 10.4. The molecule has 3 aliphatic rings. The lowest BCUT2D eigenvalue weighted by Gasteiger charge is -2.29. The van der Waals surface area contributed by atoms with Gasteiger partial charge in [-0.1, -0.05) is 6.07 Å². The first-order valence-corrected chi connectivity index (χ1v) is 17.6. The summed E-state index contributed by atoms with van der Waals surface area (Å²) in [5, 5.41) is 6.64. The van der Waals surface area contributed by atoms with Gasteiger partial charge in [0.2, 0.25) is 0 Å². The molecular formula is C39H32F8N6O. The average molecular weight is 753 g/mol. The normalized spacial score (nSPS) is 17.2. The molecule has 0 unspecified atom stereocenters. The van der Waals surface area contributed by atoms with E-state index in [0.29, 0.717) is 40.7 Å². The van der Waals surface area contributed by atoms with Crippen molar-refractivity contribution < 1.29 is 39.9 Å². The van der Waals surface area contributed by atoms with Gasteiger partial charge in [-0.15, -0.1) is 0 Å². The minimum Gasteiger partial charge on any atom is -0.370 e. The third-order valence-corrected chi connectivity index (χ3v) is 10.3. The number of fused-ring (bicyclic) bond motifs is 3. The number of nitrogens with zero attached hydrogens (tertiary/aromatic N) is 5. The first kappa shape index (κ1) is 35.8. The number of hydrogen-bond acceptors (Lipinski definition) is 6. The number of rotatable bonds is 10. The summed E-state index contributed by atoms with van der Waals surface area (Å²) >= 11 is 0. The third-order valence-electron chi connectivity index (χ3n) is 10.3. The fraction of sp³-hybridized carbons (Fsp3) is 0.359. The molecule has 5 aromatic rings. The standard InChI is InChI=1S/C39H32F8N6O/c40-26-11-20(12-27(41)16-26)10-23(15-28(54)19-53-35-32(34(52-53)36(42)43)38(44,45)7-8-39(35,46)47)33-29(24-13-21-2-1-3-30(21)49-17-24)4-5-31(51-33)25-14-22-6-9-48-37(22)50-18-25/h4-5,11-14,16-18,23,36H,1-3,6-10,15,19H2,(H,48,50)/t23-/m1/s1. The molecule has 280 valence electrons. The van der Waals surface area contributed by atoms with Gasteiger partial charge in [-0.25, -0.2) is 31.3 Å². The SMILES string of the molecule is O=C(C[C@@H](Cc1cc(F)cc(F)c1)c1nc(-c2cnc3c(c2)CCN3)ccc1-c1cnc2c(c1)CCC2)Cn1nc(C(F)F)c2c1C(F)(F)CCC2(F)F. The minimum absolute atomic E-state index is 0.156. The monoisotopic (exact) mass is 752 g/mol. The lowest BCUT2D eigenvalue weighted by molar-refractivity contribution is -0.121. The molecular weight excluding hydrogens is 720 g/mol. The largest absolute Gasteiger partial charge is 0.370 e. The first-order valence-electron chi connectivity index (χ1n) is 17.6. The quantitative estimate of drug-likeness (QED) is 0.143. The van der Waals surface area contributed by atoms with Crippen LogP contribution in [0.3, 0.4) is 0 Å². The van der Waals surface area contributed by atoms with Gasteiger partial charge < -0.3 is 5.32 Å². The Morgan fingerprint density at radius 3 is 2.37 bits per heavy atom. The van der Waals surface area contributed by atoms with E-state index in [1.165, 1.54) is 0 Å². The van der Waals surface area contributed by atoms with Gasteiger partial charge in [-0.05, 0) is 79.1 Å². The van der Waals surface area contributed by atoms with E-state index in [-0.39, 0.29) is 16.7 Å². The second kappa shape index (κ2) is 13.6. The van der Waals surface area contributed by atoms with Crippen molar-refractivity contribution in [3.8, 4) is 22.4 Å². The van der Waals surface area contributed by atoms with Crippen LogP contribution in [0.2, 0.25) is 0 Å². The number of aromatic nitrogens is 5. The van der Waals surface area contributed by atoms with Gasteiger partial charge in [0.05, 0.1) is 17.0 Å². The van der Waals surface area contributed by atoms with Gasteiger partial charge in [0.25, 0.3) is 18.3 Å². The van der Waals surface area contributed by atoms with Crippen molar-refractivity contribution in [3.63, 3.8) is 0 Å². The smallest absolute Gasteiger partial charge is 0.290 e. The van der Waals surface area contributed by atoms with Crippen LogP contribution in [0.4, 0.5) is 40.9 Å². The summed E-state index contributed by atoms with van der Waals surface area (Å²) in [5.74, 6) is -10.8. The molecule has 1 aromatic carbocycles. The van der Waals surface area contributed by atoms with E-state index in [2.05, 4.69) is 20.4 Å². The number of Topliss-reactive ketones (excluding diaryl/α,β-unsaturated/α-hetero) is 1. The highest BCUT2D eigenvalue weighted by Gasteiger charge is 2.55. The molecule has 0 fully saturated rings. The maximum atomic E-state index is 15.2. The second-order valence-corrected chi connectivity index (χ2v) is 14.1. The zero-order chi connectivity index (χ0) is 37.9. The van der Waals surface area contributed by atoms with Gasteiger partial charge in [0.1, 0.15) is 35.4 Å². The van der Waals surface area contributed by atoms with Crippen molar-refractivity contribution in [1.82, 2.24) is 24.7 Å². The molecule has 0 radical (unpaired) electrons. The maximum Gasteiger partial charge on any atom is 0.290 e. The highest BCUT2D eigenvalue weighted by molar-refractivity contribution is 5.80. The molecule has 15 heteroatoms. The number of aryl methyl sites for hydroxylation is 2. The molecule has 54 heavy (non-hydrogen) atoms. The van der Waals surface area contributed by atoms with Gasteiger partial charge >= 0.3 is 0 Å². The van der Waals surface area contributed by atoms with Crippen molar-refractivity contribution in [1.29, 1.82) is 0 Å². The summed E-state index contributed by atoms with van der Waals surface area (Å²) < 4.78 is 117. The first-order chi connectivity index (χ1) is 25.8. The molecule has 0 saturated heterocycles. The van der Waals surface area contributed by atoms with Crippen molar-refractivity contribution in [2.24, 2.45) is 0 Å². The van der Waals surface area contributed by atoms with Crippen LogP contribution in [-0.4, -0.2) is 37.1 Å². The van der Waals surface area contributed by atoms with Crippen molar-refractivity contribution in [2.75, 3.05) is 11.9 Å². The summed E-state index contributed by atoms with van der Waals surface area (Å²) in [6.45, 7) is -0.323. The van der Waals surface area contributed by atoms with Gasteiger partial charge in [-0.2, -0.15) is 13.9 Å². The predicted octanol–water partition coefficient (Wildman–Crippen LogP) is 9.04. The molecule has 1 aliphatic heterocycles. The summed E-state index contributed by atoms with van der Waals surface area (Å²) in [5.41, 5.74) is 1.28. The summed E-state index contributed by atoms with van der Waals surface area (Å²) in [6.07, 6.45) is -0.375. The molecule has 0 spiro atoms. The van der Waals surface area contributed by atoms with Crippen LogP contribution in [0.1, 0.15) is 83.1 Å². The lowest BCUT2D eigenvalue weighted by atomic mass is 9.86. The van der Waals surface area contributed by atoms with Crippen LogP contribution < -0.4 is 5.32 Å². The molecule has 0 bridgehead atoms.